The van der Waals surface area contributed by atoms with Crippen LogP contribution in [-0.4, -0.2) is 12.5 Å². The molecule has 5 heteroatoms. The van der Waals surface area contributed by atoms with Crippen molar-refractivity contribution in [2.75, 3.05) is 11.9 Å². The van der Waals surface area contributed by atoms with Crippen LogP contribution >= 0.6 is 15.9 Å². The van der Waals surface area contributed by atoms with E-state index in [2.05, 4.69) is 55.9 Å². The fourth-order valence-corrected chi connectivity index (χ4v) is 2.09. The minimum Gasteiger partial charge on any atom is -0.325 e. The van der Waals surface area contributed by atoms with Crippen molar-refractivity contribution in [1.29, 1.82) is 0 Å². The Morgan fingerprint density at radius 2 is 1.94 bits per heavy atom. The van der Waals surface area contributed by atoms with E-state index >= 15 is 0 Å². The van der Waals surface area contributed by atoms with E-state index in [0.717, 1.165) is 15.5 Å². The number of guanidine groups is 1. The SMILES string of the molecule is CCN=C(NN)Nc1ccc2cc(Br)ccc2c1. The van der Waals surface area contributed by atoms with Gasteiger partial charge in [-0.15, -0.1) is 0 Å². The van der Waals surface area contributed by atoms with E-state index in [1.165, 1.54) is 5.39 Å². The van der Waals surface area contributed by atoms with Gasteiger partial charge < -0.3 is 5.32 Å². The lowest BCUT2D eigenvalue weighted by Gasteiger charge is -2.09. The van der Waals surface area contributed by atoms with Gasteiger partial charge in [-0.25, -0.2) is 5.84 Å². The maximum Gasteiger partial charge on any atom is 0.210 e. The number of anilines is 1. The van der Waals surface area contributed by atoms with E-state index in [9.17, 15) is 0 Å². The lowest BCUT2D eigenvalue weighted by Crippen LogP contribution is -2.36. The Bertz CT molecular complexity index is 580. The molecular weight excluding hydrogens is 292 g/mol. The van der Waals surface area contributed by atoms with Crippen LogP contribution in [0.15, 0.2) is 45.9 Å². The van der Waals surface area contributed by atoms with Crippen molar-refractivity contribution < 1.29 is 0 Å². The summed E-state index contributed by atoms with van der Waals surface area (Å²) in [6.45, 7) is 2.63. The molecule has 0 fully saturated rings. The Hall–Kier alpha value is -1.59. The first-order chi connectivity index (χ1) is 8.72. The van der Waals surface area contributed by atoms with Crippen LogP contribution in [0.4, 0.5) is 5.69 Å². The molecule has 0 heterocycles. The van der Waals surface area contributed by atoms with E-state index in [0.29, 0.717) is 12.5 Å². The standard InChI is InChI=1S/C13H15BrN4/c1-2-16-13(18-15)17-12-6-4-9-7-11(14)5-3-10(9)8-12/h3-8H,2,15H2,1H3,(H2,16,17,18). The topological polar surface area (TPSA) is 62.4 Å². The number of hydrogen-bond donors (Lipinski definition) is 3. The third-order valence-corrected chi connectivity index (χ3v) is 3.01. The van der Waals surface area contributed by atoms with Crippen LogP contribution in [0.3, 0.4) is 0 Å². The van der Waals surface area contributed by atoms with Crippen LogP contribution < -0.4 is 16.6 Å². The van der Waals surface area contributed by atoms with Crippen LogP contribution in [0.2, 0.25) is 0 Å². The third kappa shape index (κ3) is 3.00. The molecule has 4 N–H and O–H groups in total. The van der Waals surface area contributed by atoms with Crippen LogP contribution in [-0.2, 0) is 0 Å². The molecule has 2 aromatic rings. The Kier molecular flexibility index (Phi) is 4.17. The molecule has 0 saturated heterocycles. The summed E-state index contributed by atoms with van der Waals surface area (Å²) in [6, 6.07) is 12.3. The monoisotopic (exact) mass is 306 g/mol. The van der Waals surface area contributed by atoms with Gasteiger partial charge in [0.2, 0.25) is 5.96 Å². The van der Waals surface area contributed by atoms with Crippen molar-refractivity contribution in [1.82, 2.24) is 5.43 Å². The first kappa shape index (κ1) is 12.9. The molecule has 94 valence electrons. The minimum atomic E-state index is 0.564. The van der Waals surface area contributed by atoms with Crippen molar-refractivity contribution in [2.24, 2.45) is 10.8 Å². The molecule has 2 aromatic carbocycles. The summed E-state index contributed by atoms with van der Waals surface area (Å²) in [7, 11) is 0. The number of nitrogens with two attached hydrogens (primary N) is 1. The van der Waals surface area contributed by atoms with Crippen LogP contribution in [0, 0.1) is 0 Å². The molecule has 18 heavy (non-hydrogen) atoms. The number of hydrazine groups is 1. The summed E-state index contributed by atoms with van der Waals surface area (Å²) in [5, 5.41) is 5.49. The fraction of sp³-hybridized carbons (Fsp3) is 0.154. The van der Waals surface area contributed by atoms with Gasteiger partial charge in [-0.2, -0.15) is 0 Å². The van der Waals surface area contributed by atoms with Gasteiger partial charge >= 0.3 is 0 Å². The minimum absolute atomic E-state index is 0.564. The van der Waals surface area contributed by atoms with E-state index in [1.807, 2.05) is 19.1 Å². The first-order valence-electron chi connectivity index (χ1n) is 5.70. The number of fused-ring (bicyclic) bond motifs is 1. The Balaban J connectivity index is 2.30. The average molecular weight is 307 g/mol. The first-order valence-corrected chi connectivity index (χ1v) is 6.49. The van der Waals surface area contributed by atoms with Gasteiger partial charge in [-0.1, -0.05) is 28.1 Å². The lowest BCUT2D eigenvalue weighted by molar-refractivity contribution is 0.986. The second-order valence-corrected chi connectivity index (χ2v) is 4.71. The number of halogens is 1. The summed E-state index contributed by atoms with van der Waals surface area (Å²) >= 11 is 3.46. The van der Waals surface area contributed by atoms with E-state index in [4.69, 9.17) is 5.84 Å². The number of nitrogens with one attached hydrogen (secondary N) is 2. The number of benzene rings is 2. The maximum absolute atomic E-state index is 5.39. The molecule has 0 aliphatic carbocycles. The summed E-state index contributed by atoms with van der Waals surface area (Å²) in [5.74, 6) is 5.95. The van der Waals surface area contributed by atoms with Crippen LogP contribution in [0.25, 0.3) is 10.8 Å². The van der Waals surface area contributed by atoms with Crippen LogP contribution in [0.5, 0.6) is 0 Å². The van der Waals surface area contributed by atoms with Gasteiger partial charge in [-0.3, -0.25) is 10.4 Å². The summed E-state index contributed by atoms with van der Waals surface area (Å²) < 4.78 is 1.08. The summed E-state index contributed by atoms with van der Waals surface area (Å²) in [6.07, 6.45) is 0. The second-order valence-electron chi connectivity index (χ2n) is 3.80. The fourth-order valence-electron chi connectivity index (χ4n) is 1.71. The number of hydrogen-bond acceptors (Lipinski definition) is 2. The van der Waals surface area contributed by atoms with Crippen molar-refractivity contribution >= 4 is 38.3 Å². The average Bonchev–Trinajstić information content (AvgIpc) is 2.38. The van der Waals surface area contributed by atoms with Gasteiger partial charge in [0, 0.05) is 16.7 Å². The molecular formula is C13H15BrN4. The highest BCUT2D eigenvalue weighted by atomic mass is 79.9. The van der Waals surface area contributed by atoms with E-state index in [-0.39, 0.29) is 0 Å². The zero-order valence-corrected chi connectivity index (χ0v) is 11.7. The Labute approximate surface area is 114 Å². The molecule has 0 aliphatic heterocycles. The highest BCUT2D eigenvalue weighted by molar-refractivity contribution is 9.10. The Morgan fingerprint density at radius 1 is 1.22 bits per heavy atom. The molecule has 0 unspecified atom stereocenters. The number of aliphatic imine (C=N–C) groups is 1. The summed E-state index contributed by atoms with van der Waals surface area (Å²) in [5.41, 5.74) is 3.49. The molecule has 2 rings (SSSR count). The molecule has 0 aromatic heterocycles. The van der Waals surface area contributed by atoms with Crippen LogP contribution in [0.1, 0.15) is 6.92 Å². The number of nitrogens with zero attached hydrogens (tertiary/aromatic N) is 1. The van der Waals surface area contributed by atoms with Crippen molar-refractivity contribution in [2.45, 2.75) is 6.92 Å². The smallest absolute Gasteiger partial charge is 0.210 e. The zero-order valence-electron chi connectivity index (χ0n) is 10.1. The molecule has 0 saturated carbocycles. The van der Waals surface area contributed by atoms with Gasteiger partial charge in [0.05, 0.1) is 0 Å². The van der Waals surface area contributed by atoms with E-state index < -0.39 is 0 Å². The van der Waals surface area contributed by atoms with Crippen molar-refractivity contribution in [3.05, 3.63) is 40.9 Å². The van der Waals surface area contributed by atoms with Gasteiger partial charge in [0.1, 0.15) is 0 Å². The zero-order chi connectivity index (χ0) is 13.0. The van der Waals surface area contributed by atoms with Crippen molar-refractivity contribution in [3.63, 3.8) is 0 Å². The summed E-state index contributed by atoms with van der Waals surface area (Å²) in [4.78, 5) is 4.19. The molecule has 4 nitrogen and oxygen atoms in total. The van der Waals surface area contributed by atoms with Crippen molar-refractivity contribution in [3.8, 4) is 0 Å². The normalized spacial score (nSPS) is 11.6. The molecule has 0 aliphatic rings. The quantitative estimate of drug-likeness (QED) is 0.346. The molecule has 0 radical (unpaired) electrons. The predicted molar refractivity (Wildman–Crippen MR) is 80.6 cm³/mol. The third-order valence-electron chi connectivity index (χ3n) is 2.52. The molecule has 0 bridgehead atoms. The Morgan fingerprint density at radius 3 is 2.67 bits per heavy atom. The van der Waals surface area contributed by atoms with Gasteiger partial charge in [0.25, 0.3) is 0 Å². The molecule has 0 atom stereocenters. The maximum atomic E-state index is 5.39. The molecule has 0 spiro atoms. The lowest BCUT2D eigenvalue weighted by atomic mass is 10.1. The second kappa shape index (κ2) is 5.84. The highest BCUT2D eigenvalue weighted by Gasteiger charge is 2.00. The number of rotatable bonds is 2. The van der Waals surface area contributed by atoms with E-state index in [1.54, 1.807) is 0 Å². The van der Waals surface area contributed by atoms with Gasteiger partial charge in [0.15, 0.2) is 0 Å². The molecule has 0 amide bonds. The highest BCUT2D eigenvalue weighted by Crippen LogP contribution is 2.22. The predicted octanol–water partition coefficient (Wildman–Crippen LogP) is 2.85. The largest absolute Gasteiger partial charge is 0.325 e. The van der Waals surface area contributed by atoms with Gasteiger partial charge in [-0.05, 0) is 42.0 Å².